The lowest BCUT2D eigenvalue weighted by Gasteiger charge is -2.07. The second-order valence-electron chi connectivity index (χ2n) is 4.00. The Morgan fingerprint density at radius 3 is 2.65 bits per heavy atom. The molecule has 100 valence electrons. The van der Waals surface area contributed by atoms with Gasteiger partial charge in [0, 0.05) is 18.5 Å². The van der Waals surface area contributed by atoms with Crippen LogP contribution in [0.5, 0.6) is 0 Å². The van der Waals surface area contributed by atoms with Crippen molar-refractivity contribution in [1.29, 1.82) is 0 Å². The molecule has 0 aliphatic rings. The van der Waals surface area contributed by atoms with Crippen LogP contribution in [0.2, 0.25) is 10.0 Å². The molecule has 0 fully saturated rings. The van der Waals surface area contributed by atoms with Crippen molar-refractivity contribution < 1.29 is 4.79 Å². The van der Waals surface area contributed by atoms with Crippen LogP contribution in [-0.4, -0.2) is 20.5 Å². The minimum absolute atomic E-state index is 0.236. The van der Waals surface area contributed by atoms with Gasteiger partial charge in [-0.1, -0.05) is 29.3 Å². The van der Waals surface area contributed by atoms with Crippen molar-refractivity contribution in [3.63, 3.8) is 0 Å². The van der Waals surface area contributed by atoms with E-state index >= 15 is 0 Å². The van der Waals surface area contributed by atoms with Crippen LogP contribution in [0.25, 0.3) is 5.65 Å². The van der Waals surface area contributed by atoms with E-state index in [4.69, 9.17) is 23.2 Å². The van der Waals surface area contributed by atoms with Crippen molar-refractivity contribution in [2.45, 2.75) is 0 Å². The van der Waals surface area contributed by atoms with Crippen LogP contribution in [0.4, 0.5) is 5.69 Å². The van der Waals surface area contributed by atoms with Crippen molar-refractivity contribution in [2.75, 3.05) is 5.32 Å². The Morgan fingerprint density at radius 1 is 1.20 bits per heavy atom. The third-order valence-corrected chi connectivity index (χ3v) is 3.30. The fraction of sp³-hybridized carbons (Fsp3) is 0. The third kappa shape index (κ3) is 2.33. The Hall–Kier alpha value is -2.11. The van der Waals surface area contributed by atoms with Crippen molar-refractivity contribution >= 4 is 40.4 Å². The van der Waals surface area contributed by atoms with Crippen LogP contribution >= 0.6 is 23.2 Å². The number of hydrogen-bond acceptors (Lipinski definition) is 3. The zero-order valence-corrected chi connectivity index (χ0v) is 11.6. The molecule has 0 bridgehead atoms. The summed E-state index contributed by atoms with van der Waals surface area (Å²) in [4.78, 5) is 16.3. The van der Waals surface area contributed by atoms with E-state index in [1.54, 1.807) is 42.7 Å². The Kier molecular flexibility index (Phi) is 3.30. The van der Waals surface area contributed by atoms with Crippen LogP contribution in [-0.2, 0) is 0 Å². The van der Waals surface area contributed by atoms with E-state index in [1.165, 1.54) is 4.52 Å². The van der Waals surface area contributed by atoms with E-state index in [-0.39, 0.29) is 5.69 Å². The topological polar surface area (TPSA) is 59.3 Å². The van der Waals surface area contributed by atoms with Crippen molar-refractivity contribution in [3.05, 3.63) is 58.5 Å². The summed E-state index contributed by atoms with van der Waals surface area (Å²) in [5, 5.41) is 7.51. The maximum Gasteiger partial charge on any atom is 0.276 e. The third-order valence-electron chi connectivity index (χ3n) is 2.67. The molecule has 20 heavy (non-hydrogen) atoms. The Balaban J connectivity index is 1.93. The fourth-order valence-electron chi connectivity index (χ4n) is 1.74. The first-order valence-corrected chi connectivity index (χ1v) is 6.46. The lowest BCUT2D eigenvalue weighted by atomic mass is 10.3. The molecule has 1 N–H and O–H groups in total. The molecule has 0 radical (unpaired) electrons. The molecule has 7 heteroatoms. The second-order valence-corrected chi connectivity index (χ2v) is 4.82. The van der Waals surface area contributed by atoms with Crippen molar-refractivity contribution in [2.24, 2.45) is 0 Å². The summed E-state index contributed by atoms with van der Waals surface area (Å²) < 4.78 is 1.52. The lowest BCUT2D eigenvalue weighted by molar-refractivity contribution is 0.102. The normalized spacial score (nSPS) is 10.7. The first-order valence-electron chi connectivity index (χ1n) is 5.71. The molecule has 3 aromatic rings. The molecule has 1 aromatic carbocycles. The molecule has 0 spiro atoms. The molecule has 2 heterocycles. The number of para-hydroxylation sites is 1. The van der Waals surface area contributed by atoms with Gasteiger partial charge in [0.05, 0.1) is 15.7 Å². The number of nitrogens with zero attached hydrogens (tertiary/aromatic N) is 3. The second kappa shape index (κ2) is 5.11. The molecular formula is C13H8Cl2N4O. The lowest BCUT2D eigenvalue weighted by Crippen LogP contribution is -2.13. The molecule has 1 amide bonds. The summed E-state index contributed by atoms with van der Waals surface area (Å²) in [5.74, 6) is -0.398. The molecule has 3 rings (SSSR count). The number of anilines is 1. The first kappa shape index (κ1) is 12.9. The highest BCUT2D eigenvalue weighted by Gasteiger charge is 2.14. The van der Waals surface area contributed by atoms with Gasteiger partial charge in [-0.3, -0.25) is 4.79 Å². The SMILES string of the molecule is O=C(Nc1c(Cl)cccc1Cl)c1cc2ncccn2n1. The zero-order valence-electron chi connectivity index (χ0n) is 10.0. The summed E-state index contributed by atoms with van der Waals surface area (Å²) in [6.45, 7) is 0. The molecule has 0 aliphatic carbocycles. The van der Waals surface area contributed by atoms with Gasteiger partial charge in [-0.05, 0) is 18.2 Å². The minimum atomic E-state index is -0.398. The van der Waals surface area contributed by atoms with Gasteiger partial charge in [-0.2, -0.15) is 5.10 Å². The van der Waals surface area contributed by atoms with Crippen LogP contribution < -0.4 is 5.32 Å². The number of carbonyl (C=O) groups is 1. The summed E-state index contributed by atoms with van der Waals surface area (Å²) in [5.41, 5.74) is 1.19. The van der Waals surface area contributed by atoms with Crippen molar-refractivity contribution in [3.8, 4) is 0 Å². The highest BCUT2D eigenvalue weighted by atomic mass is 35.5. The van der Waals surface area contributed by atoms with Gasteiger partial charge < -0.3 is 5.32 Å². The number of amides is 1. The van der Waals surface area contributed by atoms with Crippen LogP contribution in [0, 0.1) is 0 Å². The van der Waals surface area contributed by atoms with Gasteiger partial charge in [0.25, 0.3) is 5.91 Å². The fourth-order valence-corrected chi connectivity index (χ4v) is 2.23. The molecule has 0 unspecified atom stereocenters. The quantitative estimate of drug-likeness (QED) is 0.790. The van der Waals surface area contributed by atoms with Gasteiger partial charge in [-0.25, -0.2) is 9.50 Å². The van der Waals surface area contributed by atoms with Gasteiger partial charge in [-0.15, -0.1) is 0 Å². The molecule has 0 atom stereocenters. The van der Waals surface area contributed by atoms with E-state index in [0.717, 1.165) is 0 Å². The number of fused-ring (bicyclic) bond motifs is 1. The summed E-state index contributed by atoms with van der Waals surface area (Å²) >= 11 is 12.0. The number of hydrogen-bond donors (Lipinski definition) is 1. The number of benzene rings is 1. The van der Waals surface area contributed by atoms with Crippen molar-refractivity contribution in [1.82, 2.24) is 14.6 Å². The molecule has 0 saturated heterocycles. The van der Waals surface area contributed by atoms with E-state index in [2.05, 4.69) is 15.4 Å². The number of rotatable bonds is 2. The van der Waals surface area contributed by atoms with Gasteiger partial charge >= 0.3 is 0 Å². The van der Waals surface area contributed by atoms with E-state index in [1.807, 2.05) is 0 Å². The number of nitrogens with one attached hydrogen (secondary N) is 1. The van der Waals surface area contributed by atoms with Crippen LogP contribution in [0.15, 0.2) is 42.7 Å². The molecule has 0 saturated carbocycles. The van der Waals surface area contributed by atoms with E-state index in [9.17, 15) is 4.79 Å². The summed E-state index contributed by atoms with van der Waals surface area (Å²) in [6.07, 6.45) is 3.34. The van der Waals surface area contributed by atoms with E-state index < -0.39 is 5.91 Å². The monoisotopic (exact) mass is 306 g/mol. The summed E-state index contributed by atoms with van der Waals surface area (Å²) in [7, 11) is 0. The first-order chi connectivity index (χ1) is 9.65. The summed E-state index contributed by atoms with van der Waals surface area (Å²) in [6, 6.07) is 8.31. The Labute approximate surface area is 124 Å². The largest absolute Gasteiger partial charge is 0.318 e. The molecular weight excluding hydrogens is 299 g/mol. The highest BCUT2D eigenvalue weighted by Crippen LogP contribution is 2.30. The number of carbonyl (C=O) groups excluding carboxylic acids is 1. The standard InChI is InChI=1S/C13H8Cl2N4O/c14-8-3-1-4-9(15)12(8)17-13(20)10-7-11-16-5-2-6-19(11)18-10/h1-7H,(H,17,20). The smallest absolute Gasteiger partial charge is 0.276 e. The average molecular weight is 307 g/mol. The predicted octanol–water partition coefficient (Wildman–Crippen LogP) is 3.29. The average Bonchev–Trinajstić information content (AvgIpc) is 2.87. The molecule has 0 aliphatic heterocycles. The molecule has 2 aromatic heterocycles. The highest BCUT2D eigenvalue weighted by molar-refractivity contribution is 6.40. The van der Waals surface area contributed by atoms with Gasteiger partial charge in [0.15, 0.2) is 11.3 Å². The maximum absolute atomic E-state index is 12.2. The zero-order chi connectivity index (χ0) is 14.1. The Morgan fingerprint density at radius 2 is 1.95 bits per heavy atom. The van der Waals surface area contributed by atoms with Crippen LogP contribution in [0.3, 0.4) is 0 Å². The van der Waals surface area contributed by atoms with Gasteiger partial charge in [0.2, 0.25) is 0 Å². The van der Waals surface area contributed by atoms with Crippen LogP contribution in [0.1, 0.15) is 10.5 Å². The molecule has 5 nitrogen and oxygen atoms in total. The van der Waals surface area contributed by atoms with Gasteiger partial charge in [0.1, 0.15) is 0 Å². The minimum Gasteiger partial charge on any atom is -0.318 e. The number of aromatic nitrogens is 3. The van der Waals surface area contributed by atoms with E-state index in [0.29, 0.717) is 21.4 Å². The maximum atomic E-state index is 12.2. The number of halogens is 2. The predicted molar refractivity (Wildman–Crippen MR) is 77.4 cm³/mol. The Bertz CT molecular complexity index is 747.